The van der Waals surface area contributed by atoms with E-state index in [1.165, 1.54) is 7.11 Å². The minimum atomic E-state index is -0.00246. The van der Waals surface area contributed by atoms with Crippen LogP contribution >= 0.6 is 15.9 Å². The van der Waals surface area contributed by atoms with Crippen molar-refractivity contribution < 1.29 is 14.7 Å². The first-order valence-electron chi connectivity index (χ1n) is 6.17. The van der Waals surface area contributed by atoms with Crippen LogP contribution in [-0.4, -0.2) is 18.2 Å². The second-order valence-corrected chi connectivity index (χ2v) is 5.18. The standard InChI is InChI=1S/C15H15BrN2O3/c1-20-14-7-2-10(8-13(14)15(17)18-19)9-21-12-5-3-11(16)4-6-12/h2-8,19H,9H2,1H3,(H2,17,18). The minimum Gasteiger partial charge on any atom is -0.496 e. The molecule has 0 radical (unpaired) electrons. The van der Waals surface area contributed by atoms with Gasteiger partial charge in [0.2, 0.25) is 0 Å². The summed E-state index contributed by atoms with van der Waals surface area (Å²) in [5, 5.41) is 11.8. The lowest BCUT2D eigenvalue weighted by Gasteiger charge is -2.11. The van der Waals surface area contributed by atoms with E-state index < -0.39 is 0 Å². The number of nitrogens with zero attached hydrogens (tertiary/aromatic N) is 1. The van der Waals surface area contributed by atoms with Crippen molar-refractivity contribution in [1.29, 1.82) is 0 Å². The molecule has 0 fully saturated rings. The Balaban J connectivity index is 2.15. The second kappa shape index (κ2) is 6.99. The molecule has 0 amide bonds. The van der Waals surface area contributed by atoms with Gasteiger partial charge in [-0.25, -0.2) is 0 Å². The molecule has 5 nitrogen and oxygen atoms in total. The maximum Gasteiger partial charge on any atom is 0.173 e. The molecule has 0 aliphatic carbocycles. The van der Waals surface area contributed by atoms with E-state index in [1.54, 1.807) is 12.1 Å². The summed E-state index contributed by atoms with van der Waals surface area (Å²) in [5.41, 5.74) is 7.05. The molecule has 21 heavy (non-hydrogen) atoms. The Hall–Kier alpha value is -2.21. The molecule has 0 atom stereocenters. The van der Waals surface area contributed by atoms with Gasteiger partial charge in [-0.05, 0) is 42.0 Å². The molecule has 0 bridgehead atoms. The second-order valence-electron chi connectivity index (χ2n) is 4.26. The summed E-state index contributed by atoms with van der Waals surface area (Å²) in [6.07, 6.45) is 0. The molecule has 0 aromatic heterocycles. The third kappa shape index (κ3) is 3.88. The molecule has 6 heteroatoms. The smallest absolute Gasteiger partial charge is 0.173 e. The Labute approximate surface area is 131 Å². The lowest BCUT2D eigenvalue weighted by Crippen LogP contribution is -2.15. The van der Waals surface area contributed by atoms with Crippen LogP contribution in [0.25, 0.3) is 0 Å². The van der Waals surface area contributed by atoms with Gasteiger partial charge in [0.25, 0.3) is 0 Å². The van der Waals surface area contributed by atoms with Crippen LogP contribution in [0.15, 0.2) is 52.1 Å². The molecule has 0 spiro atoms. The van der Waals surface area contributed by atoms with Gasteiger partial charge in [0.1, 0.15) is 18.1 Å². The van der Waals surface area contributed by atoms with Crippen molar-refractivity contribution in [2.45, 2.75) is 6.61 Å². The molecule has 110 valence electrons. The van der Waals surface area contributed by atoms with Crippen molar-refractivity contribution in [3.8, 4) is 11.5 Å². The van der Waals surface area contributed by atoms with E-state index in [1.807, 2.05) is 30.3 Å². The average Bonchev–Trinajstić information content (AvgIpc) is 2.53. The van der Waals surface area contributed by atoms with Crippen LogP contribution in [0.2, 0.25) is 0 Å². The van der Waals surface area contributed by atoms with Gasteiger partial charge < -0.3 is 20.4 Å². The highest BCUT2D eigenvalue weighted by molar-refractivity contribution is 9.10. The lowest BCUT2D eigenvalue weighted by molar-refractivity contribution is 0.305. The SMILES string of the molecule is COc1ccc(COc2ccc(Br)cc2)cc1C(N)=NO. The lowest BCUT2D eigenvalue weighted by atomic mass is 10.1. The van der Waals surface area contributed by atoms with Gasteiger partial charge >= 0.3 is 0 Å². The molecule has 0 saturated carbocycles. The average molecular weight is 351 g/mol. The van der Waals surface area contributed by atoms with Crippen LogP contribution in [0.5, 0.6) is 11.5 Å². The molecule has 3 N–H and O–H groups in total. The highest BCUT2D eigenvalue weighted by Gasteiger charge is 2.09. The Morgan fingerprint density at radius 2 is 1.95 bits per heavy atom. The fourth-order valence-corrected chi connectivity index (χ4v) is 2.06. The Bertz CT molecular complexity index is 642. The summed E-state index contributed by atoms with van der Waals surface area (Å²) in [6.45, 7) is 0.372. The Morgan fingerprint density at radius 3 is 2.57 bits per heavy atom. The zero-order chi connectivity index (χ0) is 15.2. The van der Waals surface area contributed by atoms with Crippen LogP contribution in [0.3, 0.4) is 0 Å². The van der Waals surface area contributed by atoms with Gasteiger partial charge in [0.05, 0.1) is 12.7 Å². The van der Waals surface area contributed by atoms with E-state index in [4.69, 9.17) is 20.4 Å². The number of nitrogens with two attached hydrogens (primary N) is 1. The first-order valence-corrected chi connectivity index (χ1v) is 6.96. The molecule has 0 unspecified atom stereocenters. The van der Waals surface area contributed by atoms with Crippen molar-refractivity contribution in [3.63, 3.8) is 0 Å². The number of rotatable bonds is 5. The number of oxime groups is 1. The molecular formula is C15H15BrN2O3. The van der Waals surface area contributed by atoms with Crippen molar-refractivity contribution in [2.75, 3.05) is 7.11 Å². The van der Waals surface area contributed by atoms with Crippen LogP contribution in [-0.2, 0) is 6.61 Å². The van der Waals surface area contributed by atoms with Crippen LogP contribution in [0.1, 0.15) is 11.1 Å². The van der Waals surface area contributed by atoms with E-state index in [0.717, 1.165) is 15.8 Å². The first-order chi connectivity index (χ1) is 10.1. The largest absolute Gasteiger partial charge is 0.496 e. The quantitative estimate of drug-likeness (QED) is 0.376. The first kappa shape index (κ1) is 15.2. The fraction of sp³-hybridized carbons (Fsp3) is 0.133. The molecule has 0 heterocycles. The number of ether oxygens (including phenoxy) is 2. The number of benzene rings is 2. The summed E-state index contributed by atoms with van der Waals surface area (Å²) >= 11 is 3.37. The Kier molecular flexibility index (Phi) is 5.05. The van der Waals surface area contributed by atoms with E-state index >= 15 is 0 Å². The minimum absolute atomic E-state index is 0.00246. The summed E-state index contributed by atoms with van der Waals surface area (Å²) < 4.78 is 11.9. The molecule has 2 aromatic rings. The van der Waals surface area contributed by atoms with E-state index in [9.17, 15) is 0 Å². The predicted molar refractivity (Wildman–Crippen MR) is 84.0 cm³/mol. The zero-order valence-corrected chi connectivity index (χ0v) is 13.0. The van der Waals surface area contributed by atoms with Gasteiger partial charge in [-0.1, -0.05) is 27.2 Å². The summed E-state index contributed by atoms with van der Waals surface area (Å²) in [7, 11) is 1.53. The number of hydrogen-bond acceptors (Lipinski definition) is 4. The third-order valence-electron chi connectivity index (χ3n) is 2.87. The number of halogens is 1. The highest BCUT2D eigenvalue weighted by Crippen LogP contribution is 2.22. The molecule has 0 saturated heterocycles. The van der Waals surface area contributed by atoms with Gasteiger partial charge in [0.15, 0.2) is 5.84 Å². The normalized spacial score (nSPS) is 11.2. The third-order valence-corrected chi connectivity index (χ3v) is 3.40. The number of methoxy groups -OCH3 is 1. The van der Waals surface area contributed by atoms with Crippen molar-refractivity contribution in [1.82, 2.24) is 0 Å². The van der Waals surface area contributed by atoms with Crippen LogP contribution in [0.4, 0.5) is 0 Å². The van der Waals surface area contributed by atoms with Crippen LogP contribution in [0, 0.1) is 0 Å². The maximum absolute atomic E-state index is 8.80. The van der Waals surface area contributed by atoms with Gasteiger partial charge in [-0.15, -0.1) is 0 Å². The summed E-state index contributed by atoms with van der Waals surface area (Å²) in [6, 6.07) is 13.0. The topological polar surface area (TPSA) is 77.1 Å². The summed E-state index contributed by atoms with van der Waals surface area (Å²) in [5.74, 6) is 1.30. The highest BCUT2D eigenvalue weighted by atomic mass is 79.9. The molecule has 0 aliphatic heterocycles. The predicted octanol–water partition coefficient (Wildman–Crippen LogP) is 3.13. The molecular weight excluding hydrogens is 336 g/mol. The van der Waals surface area contributed by atoms with Gasteiger partial charge in [-0.3, -0.25) is 0 Å². The monoisotopic (exact) mass is 350 g/mol. The van der Waals surface area contributed by atoms with E-state index in [0.29, 0.717) is 17.9 Å². The van der Waals surface area contributed by atoms with Crippen molar-refractivity contribution >= 4 is 21.8 Å². The Morgan fingerprint density at radius 1 is 1.24 bits per heavy atom. The fourth-order valence-electron chi connectivity index (χ4n) is 1.80. The molecule has 0 aliphatic rings. The van der Waals surface area contributed by atoms with E-state index in [2.05, 4.69) is 21.1 Å². The summed E-state index contributed by atoms with van der Waals surface area (Å²) in [4.78, 5) is 0. The zero-order valence-electron chi connectivity index (χ0n) is 11.4. The van der Waals surface area contributed by atoms with Crippen molar-refractivity contribution in [3.05, 3.63) is 58.1 Å². The number of amidine groups is 1. The van der Waals surface area contributed by atoms with E-state index in [-0.39, 0.29) is 5.84 Å². The van der Waals surface area contributed by atoms with Gasteiger partial charge in [-0.2, -0.15) is 0 Å². The number of hydrogen-bond donors (Lipinski definition) is 2. The molecule has 2 aromatic carbocycles. The van der Waals surface area contributed by atoms with Crippen LogP contribution < -0.4 is 15.2 Å². The van der Waals surface area contributed by atoms with Crippen molar-refractivity contribution in [2.24, 2.45) is 10.9 Å². The maximum atomic E-state index is 8.80. The van der Waals surface area contributed by atoms with Gasteiger partial charge in [0, 0.05) is 4.47 Å². The molecule has 2 rings (SSSR count).